The summed E-state index contributed by atoms with van der Waals surface area (Å²) in [6.07, 6.45) is 0. The maximum absolute atomic E-state index is 9.49. The zero-order valence-electron chi connectivity index (χ0n) is 2.81. The monoisotopic (exact) mass is 188 g/mol. The highest BCUT2D eigenvalue weighted by molar-refractivity contribution is 14.1. The lowest BCUT2D eigenvalue weighted by Gasteiger charge is -1.77. The highest BCUT2D eigenvalue weighted by atomic mass is 127. The lowest BCUT2D eigenvalue weighted by molar-refractivity contribution is 0.298. The van der Waals surface area contributed by atoms with Crippen molar-refractivity contribution in [1.29, 1.82) is 0 Å². The Morgan fingerprint density at radius 2 is 2.20 bits per heavy atom. The van der Waals surface area contributed by atoms with E-state index in [2.05, 4.69) is 0 Å². The Balaban J connectivity index is 2.83. The molecule has 0 aliphatic rings. The maximum atomic E-state index is 9.49. The van der Waals surface area contributed by atoms with E-state index in [1.807, 2.05) is 0 Å². The van der Waals surface area contributed by atoms with Crippen molar-refractivity contribution in [3.05, 3.63) is 0 Å². The molecular weight excluding hydrogens is 183 g/mol. The highest BCUT2D eigenvalue weighted by Crippen LogP contribution is 1.97. The van der Waals surface area contributed by atoms with Gasteiger partial charge < -0.3 is 5.11 Å². The van der Waals surface area contributed by atoms with E-state index < -0.39 is 25.3 Å². The van der Waals surface area contributed by atoms with Crippen LogP contribution in [0.2, 0.25) is 0 Å². The fourth-order valence-corrected chi connectivity index (χ4v) is 0. The molecule has 3 heteroatoms. The lowest BCUT2D eigenvalue weighted by atomic mass is 10.9. The van der Waals surface area contributed by atoms with E-state index in [1.54, 1.807) is 0 Å². The molecule has 2 nitrogen and oxygen atoms in total. The van der Waals surface area contributed by atoms with Gasteiger partial charge in [0.05, 0.1) is 0 Å². The summed E-state index contributed by atoms with van der Waals surface area (Å²) in [6, 6.07) is 0. The predicted molar refractivity (Wildman–Crippen MR) is 26.4 cm³/mol. The van der Waals surface area contributed by atoms with Gasteiger partial charge in [0.25, 0.3) is 0 Å². The average Bonchev–Trinajstić information content (AvgIpc) is 1.38. The van der Waals surface area contributed by atoms with E-state index in [9.17, 15) is 3.07 Å². The van der Waals surface area contributed by atoms with E-state index >= 15 is 0 Å². The first-order valence-corrected chi connectivity index (χ1v) is 3.33. The van der Waals surface area contributed by atoms with E-state index in [1.165, 1.54) is 6.92 Å². The second-order valence-corrected chi connectivity index (χ2v) is 2.97. The van der Waals surface area contributed by atoms with Crippen molar-refractivity contribution in [1.82, 2.24) is 0 Å². The zero-order chi connectivity index (χ0) is 4.28. The van der Waals surface area contributed by atoms with E-state index in [-0.39, 0.29) is 0 Å². The van der Waals surface area contributed by atoms with Crippen LogP contribution in [0.3, 0.4) is 0 Å². The standard InChI is InChI=1S/C2H5IO2/c1-2(4)3-5/h2,4H,1H3. The SMILES string of the molecule is CC(O)I=O. The van der Waals surface area contributed by atoms with Crippen molar-refractivity contribution in [2.24, 2.45) is 0 Å². The number of hydrogen-bond acceptors (Lipinski definition) is 2. The van der Waals surface area contributed by atoms with E-state index in [0.29, 0.717) is 0 Å². The van der Waals surface area contributed by atoms with Gasteiger partial charge in [0, 0.05) is 0 Å². The minimum absolute atomic E-state index is 0.561. The first kappa shape index (κ1) is 5.49. The van der Waals surface area contributed by atoms with Gasteiger partial charge in [-0.25, -0.2) is 0 Å². The molecule has 1 atom stereocenters. The van der Waals surface area contributed by atoms with E-state index in [4.69, 9.17) is 5.11 Å². The topological polar surface area (TPSA) is 37.3 Å². The number of alkyl halides is 1. The molecule has 0 saturated heterocycles. The van der Waals surface area contributed by atoms with Crippen molar-refractivity contribution in [2.45, 2.75) is 11.0 Å². The van der Waals surface area contributed by atoms with Gasteiger partial charge in [-0.1, -0.05) is 0 Å². The van der Waals surface area contributed by atoms with Gasteiger partial charge in [-0.15, -0.1) is 0 Å². The molecule has 0 bridgehead atoms. The van der Waals surface area contributed by atoms with Gasteiger partial charge in [-0.2, -0.15) is 0 Å². The highest BCUT2D eigenvalue weighted by Gasteiger charge is 1.83. The van der Waals surface area contributed by atoms with Crippen LogP contribution < -0.4 is 0 Å². The average molecular weight is 188 g/mol. The smallest absolute Gasteiger partial charge is 0.176 e. The zero-order valence-corrected chi connectivity index (χ0v) is 4.97. The molecule has 0 amide bonds. The second kappa shape index (κ2) is 2.71. The fourth-order valence-electron chi connectivity index (χ4n) is 0. The molecular formula is C2H5IO2. The van der Waals surface area contributed by atoms with Crippen LogP contribution in [0.15, 0.2) is 0 Å². The van der Waals surface area contributed by atoms with Gasteiger partial charge in [-0.3, -0.25) is 3.07 Å². The van der Waals surface area contributed by atoms with Gasteiger partial charge in [0.15, 0.2) is 21.2 Å². The minimum atomic E-state index is -1.15. The third-order valence-corrected chi connectivity index (χ3v) is 0.865. The van der Waals surface area contributed by atoms with Gasteiger partial charge in [-0.05, 0) is 6.92 Å². The summed E-state index contributed by atoms with van der Waals surface area (Å²) in [6.45, 7) is 1.51. The molecule has 1 N–H and O–H groups in total. The number of rotatable bonds is 1. The summed E-state index contributed by atoms with van der Waals surface area (Å²) in [5.41, 5.74) is 0. The third kappa shape index (κ3) is 4.49. The number of halogens is 1. The van der Waals surface area contributed by atoms with Crippen molar-refractivity contribution in [3.8, 4) is 0 Å². The number of aliphatic hydroxyl groups excluding tert-OH is 1. The van der Waals surface area contributed by atoms with Crippen LogP contribution in [0.5, 0.6) is 0 Å². The lowest BCUT2D eigenvalue weighted by Crippen LogP contribution is -1.80. The number of hydrogen-bond donors (Lipinski definition) is 1. The largest absolute Gasteiger partial charge is 0.380 e. The van der Waals surface area contributed by atoms with Crippen molar-refractivity contribution < 1.29 is 8.18 Å². The normalized spacial score (nSPS) is 14.8. The summed E-state index contributed by atoms with van der Waals surface area (Å²) in [5, 5.41) is 8.10. The summed E-state index contributed by atoms with van der Waals surface area (Å²) in [4.78, 5) is 0. The van der Waals surface area contributed by atoms with Crippen LogP contribution >= 0.6 is 21.2 Å². The Bertz CT molecular complexity index is 34.6. The second-order valence-electron chi connectivity index (χ2n) is 0.663. The van der Waals surface area contributed by atoms with Crippen LogP contribution in [-0.4, -0.2) is 9.22 Å². The van der Waals surface area contributed by atoms with Crippen molar-refractivity contribution >= 4 is 21.2 Å². The third-order valence-electron chi connectivity index (χ3n) is 0.129. The molecule has 0 aromatic carbocycles. The Kier molecular flexibility index (Phi) is 2.98. The van der Waals surface area contributed by atoms with Crippen LogP contribution in [0.4, 0.5) is 0 Å². The molecule has 0 aromatic rings. The predicted octanol–water partition coefficient (Wildman–Crippen LogP) is 0.641. The molecule has 0 radical (unpaired) electrons. The molecule has 0 saturated carbocycles. The molecule has 0 spiro atoms. The summed E-state index contributed by atoms with van der Waals surface area (Å²) < 4.78 is 8.93. The minimum Gasteiger partial charge on any atom is -0.380 e. The van der Waals surface area contributed by atoms with Gasteiger partial charge in [0.1, 0.15) is 4.11 Å². The summed E-state index contributed by atoms with van der Waals surface area (Å²) >= 11 is -1.15. The molecule has 1 unspecified atom stereocenters. The van der Waals surface area contributed by atoms with Gasteiger partial charge in [0.2, 0.25) is 0 Å². The first-order chi connectivity index (χ1) is 2.27. The first-order valence-electron chi connectivity index (χ1n) is 1.21. The summed E-state index contributed by atoms with van der Waals surface area (Å²) in [5.74, 6) is 0. The van der Waals surface area contributed by atoms with Crippen LogP contribution in [0, 0.1) is 0 Å². The number of aliphatic hydroxyl groups is 1. The van der Waals surface area contributed by atoms with Crippen LogP contribution in [0.1, 0.15) is 6.92 Å². The maximum Gasteiger partial charge on any atom is 0.176 e. The van der Waals surface area contributed by atoms with E-state index in [0.717, 1.165) is 0 Å². The Labute approximate surface area is 40.8 Å². The molecule has 0 rings (SSSR count). The molecule has 0 fully saturated rings. The van der Waals surface area contributed by atoms with Crippen molar-refractivity contribution in [3.63, 3.8) is 0 Å². The quantitative estimate of drug-likeness (QED) is 0.484. The Morgan fingerprint density at radius 3 is 2.20 bits per heavy atom. The van der Waals surface area contributed by atoms with Gasteiger partial charge >= 0.3 is 0 Å². The molecule has 0 aliphatic heterocycles. The van der Waals surface area contributed by atoms with Crippen LogP contribution in [-0.2, 0) is 3.07 Å². The summed E-state index contributed by atoms with van der Waals surface area (Å²) in [7, 11) is 0. The van der Waals surface area contributed by atoms with Crippen LogP contribution in [0.25, 0.3) is 0 Å². The van der Waals surface area contributed by atoms with Crippen molar-refractivity contribution in [2.75, 3.05) is 0 Å². The molecule has 0 aromatic heterocycles. The molecule has 32 valence electrons. The molecule has 5 heavy (non-hydrogen) atoms. The molecule has 0 heterocycles. The molecule has 0 aliphatic carbocycles. The Hall–Kier alpha value is 0.490. The fraction of sp³-hybridized carbons (Fsp3) is 1.00. The Morgan fingerprint density at radius 1 is 2.00 bits per heavy atom.